The molecule has 0 rings (SSSR count). The van der Waals surface area contributed by atoms with E-state index >= 15 is 0 Å². The van der Waals surface area contributed by atoms with E-state index < -0.39 is 6.10 Å². The summed E-state index contributed by atoms with van der Waals surface area (Å²) in [6, 6.07) is 0. The summed E-state index contributed by atoms with van der Waals surface area (Å²) in [4.78, 5) is 38.0. The van der Waals surface area contributed by atoms with Crippen LogP contribution in [0.2, 0.25) is 0 Å². The summed E-state index contributed by atoms with van der Waals surface area (Å²) in [5.74, 6) is 0.00302. The lowest BCUT2D eigenvalue weighted by Gasteiger charge is -2.18. The van der Waals surface area contributed by atoms with E-state index in [1.165, 1.54) is 205 Å². The molecule has 2 atom stereocenters. The number of carbonyl (C=O) groups excluding carboxylic acids is 3. The van der Waals surface area contributed by atoms with Crippen LogP contribution in [0.15, 0.2) is 0 Å². The van der Waals surface area contributed by atoms with E-state index in [0.29, 0.717) is 19.3 Å². The summed E-state index contributed by atoms with van der Waals surface area (Å²) in [6.45, 7) is 9.05. The minimum absolute atomic E-state index is 0.0628. The number of hydrogen-bond donors (Lipinski definition) is 0. The van der Waals surface area contributed by atoms with E-state index in [9.17, 15) is 14.4 Å². The van der Waals surface area contributed by atoms with Crippen molar-refractivity contribution in [2.24, 2.45) is 5.92 Å². The van der Waals surface area contributed by atoms with Crippen LogP contribution in [0.5, 0.6) is 0 Å². The molecule has 6 nitrogen and oxygen atoms in total. The van der Waals surface area contributed by atoms with Gasteiger partial charge in [-0.3, -0.25) is 14.4 Å². The number of ether oxygens (including phenoxy) is 3. The highest BCUT2D eigenvalue weighted by molar-refractivity contribution is 5.71. The molecule has 0 fully saturated rings. The monoisotopic (exact) mass is 863 g/mol. The maximum absolute atomic E-state index is 12.8. The second-order valence-electron chi connectivity index (χ2n) is 19.1. The fourth-order valence-corrected chi connectivity index (χ4v) is 8.36. The molecule has 0 aromatic carbocycles. The zero-order valence-electron chi connectivity index (χ0n) is 41.6. The van der Waals surface area contributed by atoms with Crippen LogP contribution in [0, 0.1) is 5.92 Å². The van der Waals surface area contributed by atoms with Gasteiger partial charge in [0.15, 0.2) is 6.10 Å². The average Bonchev–Trinajstić information content (AvgIpc) is 3.26. The van der Waals surface area contributed by atoms with E-state index in [1.54, 1.807) is 0 Å². The minimum atomic E-state index is -0.761. The summed E-state index contributed by atoms with van der Waals surface area (Å²) >= 11 is 0. The summed E-state index contributed by atoms with van der Waals surface area (Å²) in [5, 5.41) is 0. The van der Waals surface area contributed by atoms with Crippen LogP contribution in [0.25, 0.3) is 0 Å². The molecule has 0 heterocycles. The van der Waals surface area contributed by atoms with Crippen molar-refractivity contribution in [3.05, 3.63) is 0 Å². The predicted molar refractivity (Wildman–Crippen MR) is 261 cm³/mol. The maximum atomic E-state index is 12.8. The van der Waals surface area contributed by atoms with Crippen molar-refractivity contribution in [1.82, 2.24) is 0 Å². The molecule has 0 N–H and O–H groups in total. The Morgan fingerprint density at radius 2 is 0.574 bits per heavy atom. The van der Waals surface area contributed by atoms with Gasteiger partial charge in [-0.05, 0) is 25.2 Å². The van der Waals surface area contributed by atoms with E-state index in [4.69, 9.17) is 14.2 Å². The van der Waals surface area contributed by atoms with Gasteiger partial charge in [0.25, 0.3) is 0 Å². The van der Waals surface area contributed by atoms with Crippen LogP contribution in [-0.2, 0) is 28.6 Å². The molecule has 0 radical (unpaired) electrons. The SMILES string of the molecule is CCCCCCCCCCCCCCCCCCCC(=O)OC[C@@H](COC(=O)CCCCCCCCCCCCCCCC)OC(=O)CCCCCCCCCCC(C)CC. The smallest absolute Gasteiger partial charge is 0.306 e. The second-order valence-corrected chi connectivity index (χ2v) is 19.1. The van der Waals surface area contributed by atoms with E-state index in [2.05, 4.69) is 27.7 Å². The summed E-state index contributed by atoms with van der Waals surface area (Å²) in [5.41, 5.74) is 0. The Labute approximate surface area is 380 Å². The molecule has 0 aliphatic heterocycles. The third kappa shape index (κ3) is 47.7. The van der Waals surface area contributed by atoms with Crippen LogP contribution < -0.4 is 0 Å². The molecule has 6 heteroatoms. The molecule has 362 valence electrons. The van der Waals surface area contributed by atoms with Crippen molar-refractivity contribution < 1.29 is 28.6 Å². The molecule has 0 saturated carbocycles. The van der Waals surface area contributed by atoms with Gasteiger partial charge in [-0.25, -0.2) is 0 Å². The van der Waals surface area contributed by atoms with Gasteiger partial charge < -0.3 is 14.2 Å². The first-order chi connectivity index (χ1) is 29.9. The number of rotatable bonds is 50. The van der Waals surface area contributed by atoms with Crippen molar-refractivity contribution >= 4 is 17.9 Å². The third-order valence-electron chi connectivity index (χ3n) is 12.9. The highest BCUT2D eigenvalue weighted by Crippen LogP contribution is 2.18. The predicted octanol–water partition coefficient (Wildman–Crippen LogP) is 17.8. The number of unbranched alkanes of at least 4 members (excludes halogenated alkanes) is 36. The van der Waals surface area contributed by atoms with Gasteiger partial charge in [-0.15, -0.1) is 0 Å². The highest BCUT2D eigenvalue weighted by Gasteiger charge is 2.19. The lowest BCUT2D eigenvalue weighted by atomic mass is 9.99. The molecule has 1 unspecified atom stereocenters. The number of carbonyl (C=O) groups is 3. The summed E-state index contributed by atoms with van der Waals surface area (Å²) in [7, 11) is 0. The van der Waals surface area contributed by atoms with E-state index in [0.717, 1.165) is 63.7 Å². The van der Waals surface area contributed by atoms with Gasteiger partial charge in [-0.2, -0.15) is 0 Å². The Hall–Kier alpha value is -1.59. The zero-order chi connectivity index (χ0) is 44.5. The third-order valence-corrected chi connectivity index (χ3v) is 12.9. The molecule has 0 aliphatic rings. The molecule has 61 heavy (non-hydrogen) atoms. The molecular weight excluding hydrogens is 757 g/mol. The normalized spacial score (nSPS) is 12.4. The molecule has 0 amide bonds. The largest absolute Gasteiger partial charge is 0.462 e. The minimum Gasteiger partial charge on any atom is -0.462 e. The van der Waals surface area contributed by atoms with Gasteiger partial charge in [-0.1, -0.05) is 272 Å². The molecule has 0 aromatic heterocycles. The lowest BCUT2D eigenvalue weighted by Crippen LogP contribution is -2.30. The Kier molecular flexibility index (Phi) is 48.1. The van der Waals surface area contributed by atoms with Gasteiger partial charge in [0.05, 0.1) is 0 Å². The number of hydrogen-bond acceptors (Lipinski definition) is 6. The molecule has 0 saturated heterocycles. The van der Waals surface area contributed by atoms with Crippen LogP contribution in [0.1, 0.15) is 310 Å². The quantitative estimate of drug-likeness (QED) is 0.0344. The first-order valence-corrected chi connectivity index (χ1v) is 27.4. The lowest BCUT2D eigenvalue weighted by molar-refractivity contribution is -0.167. The Balaban J connectivity index is 4.28. The van der Waals surface area contributed by atoms with Crippen LogP contribution >= 0.6 is 0 Å². The van der Waals surface area contributed by atoms with Gasteiger partial charge in [0.1, 0.15) is 13.2 Å². The Morgan fingerprint density at radius 1 is 0.328 bits per heavy atom. The number of esters is 3. The van der Waals surface area contributed by atoms with Crippen molar-refractivity contribution in [2.75, 3.05) is 13.2 Å². The van der Waals surface area contributed by atoms with Gasteiger partial charge in [0, 0.05) is 19.3 Å². The van der Waals surface area contributed by atoms with Crippen molar-refractivity contribution in [2.45, 2.75) is 316 Å². The summed E-state index contributed by atoms with van der Waals surface area (Å²) < 4.78 is 16.8. The van der Waals surface area contributed by atoms with Crippen molar-refractivity contribution in [3.63, 3.8) is 0 Å². The maximum Gasteiger partial charge on any atom is 0.306 e. The summed E-state index contributed by atoms with van der Waals surface area (Å²) in [6.07, 6.45) is 52.3. The standard InChI is InChI=1S/C55H106O6/c1-5-8-10-12-14-16-18-20-22-23-24-26-28-30-35-39-43-47-54(57)60-50-52(61-55(58)48-44-40-36-32-31-33-37-41-45-51(4)7-3)49-59-53(56)46-42-38-34-29-27-25-21-19-17-15-13-11-9-6-2/h51-52H,5-50H2,1-4H3/t51?,52-/m1/s1. The van der Waals surface area contributed by atoms with Crippen LogP contribution in [0.3, 0.4) is 0 Å². The molecule has 0 aliphatic carbocycles. The van der Waals surface area contributed by atoms with Crippen molar-refractivity contribution in [3.8, 4) is 0 Å². The molecule has 0 bridgehead atoms. The zero-order valence-corrected chi connectivity index (χ0v) is 41.6. The van der Waals surface area contributed by atoms with Crippen LogP contribution in [0.4, 0.5) is 0 Å². The Bertz CT molecular complexity index is 920. The van der Waals surface area contributed by atoms with Crippen molar-refractivity contribution in [1.29, 1.82) is 0 Å². The fraction of sp³-hybridized carbons (Fsp3) is 0.945. The fourth-order valence-electron chi connectivity index (χ4n) is 8.36. The van der Waals surface area contributed by atoms with Gasteiger partial charge >= 0.3 is 17.9 Å². The average molecular weight is 863 g/mol. The second kappa shape index (κ2) is 49.4. The van der Waals surface area contributed by atoms with E-state index in [1.807, 2.05) is 0 Å². The first-order valence-electron chi connectivity index (χ1n) is 27.4. The molecule has 0 aromatic rings. The van der Waals surface area contributed by atoms with Gasteiger partial charge in [0.2, 0.25) is 0 Å². The topological polar surface area (TPSA) is 78.9 Å². The molecule has 0 spiro atoms. The van der Waals surface area contributed by atoms with Crippen LogP contribution in [-0.4, -0.2) is 37.2 Å². The molecular formula is C55H106O6. The Morgan fingerprint density at radius 3 is 0.852 bits per heavy atom. The van der Waals surface area contributed by atoms with E-state index in [-0.39, 0.29) is 31.1 Å². The highest BCUT2D eigenvalue weighted by atomic mass is 16.6. The first kappa shape index (κ1) is 59.4.